The summed E-state index contributed by atoms with van der Waals surface area (Å²) in [6, 6.07) is 0. The molecule has 0 heterocycles. The fourth-order valence-corrected chi connectivity index (χ4v) is 4.86. The number of unbranched alkanes of at least 4 members (excludes halogenated alkanes) is 10. The molecular formula is C39H68O6. The van der Waals surface area contributed by atoms with Crippen molar-refractivity contribution in [1.29, 1.82) is 0 Å². The van der Waals surface area contributed by atoms with E-state index in [-0.39, 0.29) is 31.3 Å². The molecule has 0 bridgehead atoms. The smallest absolute Gasteiger partial charge is 0.306 e. The van der Waals surface area contributed by atoms with E-state index in [1.165, 1.54) is 51.4 Å². The lowest BCUT2D eigenvalue weighted by Crippen LogP contribution is -2.28. The van der Waals surface area contributed by atoms with Gasteiger partial charge in [-0.05, 0) is 57.3 Å². The Bertz CT molecular complexity index is 797. The monoisotopic (exact) mass is 633 g/mol. The van der Waals surface area contributed by atoms with E-state index in [9.17, 15) is 19.8 Å². The lowest BCUT2D eigenvalue weighted by atomic mass is 10.0. The Morgan fingerprint density at radius 2 is 1.16 bits per heavy atom. The highest BCUT2D eigenvalue weighted by Crippen LogP contribution is 2.14. The maximum atomic E-state index is 12.1. The van der Waals surface area contributed by atoms with Crippen molar-refractivity contribution in [3.05, 3.63) is 48.6 Å². The van der Waals surface area contributed by atoms with Crippen LogP contribution in [0.5, 0.6) is 0 Å². The first-order chi connectivity index (χ1) is 21.9. The van der Waals surface area contributed by atoms with E-state index in [4.69, 9.17) is 9.47 Å². The predicted octanol–water partition coefficient (Wildman–Crippen LogP) is 9.89. The zero-order chi connectivity index (χ0) is 33.2. The van der Waals surface area contributed by atoms with Crippen molar-refractivity contribution in [2.24, 2.45) is 5.92 Å². The van der Waals surface area contributed by atoms with E-state index in [1.807, 2.05) is 0 Å². The molecule has 0 aromatic rings. The van der Waals surface area contributed by atoms with Gasteiger partial charge in [0.15, 0.2) is 6.10 Å². The molecule has 6 nitrogen and oxygen atoms in total. The second-order valence-electron chi connectivity index (χ2n) is 12.6. The number of hydrogen-bond donors (Lipinski definition) is 2. The number of aliphatic hydroxyl groups is 2. The molecule has 0 saturated carbocycles. The number of allylic oxidation sites excluding steroid dienone is 7. The van der Waals surface area contributed by atoms with Crippen LogP contribution in [0.4, 0.5) is 0 Å². The Kier molecular flexibility index (Phi) is 31.6. The van der Waals surface area contributed by atoms with Crippen molar-refractivity contribution in [2.45, 2.75) is 168 Å². The fraction of sp³-hybridized carbons (Fsp3) is 0.744. The molecule has 0 aliphatic heterocycles. The minimum atomic E-state index is -0.801. The van der Waals surface area contributed by atoms with Crippen molar-refractivity contribution in [2.75, 3.05) is 13.2 Å². The second-order valence-corrected chi connectivity index (χ2v) is 12.6. The van der Waals surface area contributed by atoms with Crippen molar-refractivity contribution < 1.29 is 29.3 Å². The Morgan fingerprint density at radius 1 is 0.644 bits per heavy atom. The molecule has 0 saturated heterocycles. The molecule has 0 rings (SSSR count). The van der Waals surface area contributed by atoms with E-state index in [0.29, 0.717) is 19.3 Å². The highest BCUT2D eigenvalue weighted by molar-refractivity contribution is 5.70. The largest absolute Gasteiger partial charge is 0.462 e. The lowest BCUT2D eigenvalue weighted by Gasteiger charge is -2.15. The van der Waals surface area contributed by atoms with Gasteiger partial charge in [0.2, 0.25) is 0 Å². The Hall–Kier alpha value is -2.18. The van der Waals surface area contributed by atoms with Gasteiger partial charge in [-0.15, -0.1) is 0 Å². The van der Waals surface area contributed by atoms with Crippen molar-refractivity contribution >= 4 is 11.9 Å². The maximum Gasteiger partial charge on any atom is 0.306 e. The van der Waals surface area contributed by atoms with Crippen LogP contribution in [0, 0.1) is 5.92 Å². The molecule has 1 unspecified atom stereocenters. The third kappa shape index (κ3) is 33.0. The molecule has 2 atom stereocenters. The second kappa shape index (κ2) is 33.2. The summed E-state index contributed by atoms with van der Waals surface area (Å²) in [5.41, 5.74) is 0. The Labute approximate surface area is 276 Å². The van der Waals surface area contributed by atoms with Crippen LogP contribution in [0.25, 0.3) is 0 Å². The fourth-order valence-electron chi connectivity index (χ4n) is 4.86. The summed E-state index contributed by atoms with van der Waals surface area (Å²) in [5, 5.41) is 19.2. The first-order valence-corrected chi connectivity index (χ1v) is 18.1. The minimum absolute atomic E-state index is 0.105. The molecule has 0 aromatic heterocycles. The summed E-state index contributed by atoms with van der Waals surface area (Å²) in [4.78, 5) is 24.1. The van der Waals surface area contributed by atoms with Gasteiger partial charge in [-0.3, -0.25) is 9.59 Å². The van der Waals surface area contributed by atoms with Gasteiger partial charge in [-0.2, -0.15) is 0 Å². The SMILES string of the molecule is CCCC(O)C/C=C\C/C=C\C/C=C\C/C=C\CCCC(=O)OC[C@H](CO)OC(=O)CCCCCCCCCCCCC(C)C. The van der Waals surface area contributed by atoms with Gasteiger partial charge in [0.1, 0.15) is 6.61 Å². The molecule has 0 spiro atoms. The van der Waals surface area contributed by atoms with E-state index >= 15 is 0 Å². The van der Waals surface area contributed by atoms with Crippen molar-refractivity contribution in [3.8, 4) is 0 Å². The van der Waals surface area contributed by atoms with Crippen LogP contribution in [0.3, 0.4) is 0 Å². The van der Waals surface area contributed by atoms with Gasteiger partial charge in [0, 0.05) is 12.8 Å². The topological polar surface area (TPSA) is 93.1 Å². The third-order valence-corrected chi connectivity index (χ3v) is 7.61. The highest BCUT2D eigenvalue weighted by atomic mass is 16.6. The van der Waals surface area contributed by atoms with Gasteiger partial charge in [-0.25, -0.2) is 0 Å². The van der Waals surface area contributed by atoms with Crippen LogP contribution in [-0.2, 0) is 19.1 Å². The van der Waals surface area contributed by atoms with E-state index < -0.39 is 6.10 Å². The predicted molar refractivity (Wildman–Crippen MR) is 188 cm³/mol. The molecule has 0 aromatic carbocycles. The average molecular weight is 633 g/mol. The molecule has 260 valence electrons. The van der Waals surface area contributed by atoms with E-state index in [1.54, 1.807) is 0 Å². The summed E-state index contributed by atoms with van der Waals surface area (Å²) in [6.07, 6.45) is 36.6. The molecule has 6 heteroatoms. The quantitative estimate of drug-likeness (QED) is 0.0449. The number of hydrogen-bond acceptors (Lipinski definition) is 6. The molecule has 0 aliphatic rings. The number of carbonyl (C=O) groups is 2. The molecule has 0 amide bonds. The molecule has 0 radical (unpaired) electrons. The molecule has 0 fully saturated rings. The molecular weight excluding hydrogens is 564 g/mol. The number of rotatable bonds is 31. The number of aliphatic hydroxyl groups excluding tert-OH is 2. The van der Waals surface area contributed by atoms with Crippen LogP contribution in [0.1, 0.15) is 156 Å². The summed E-state index contributed by atoms with van der Waals surface area (Å²) in [7, 11) is 0. The van der Waals surface area contributed by atoms with E-state index in [0.717, 1.165) is 70.1 Å². The van der Waals surface area contributed by atoms with Gasteiger partial charge >= 0.3 is 11.9 Å². The maximum absolute atomic E-state index is 12.1. The van der Waals surface area contributed by atoms with Crippen LogP contribution in [0.15, 0.2) is 48.6 Å². The summed E-state index contributed by atoms with van der Waals surface area (Å²) in [6.45, 7) is 6.20. The first kappa shape index (κ1) is 42.8. The standard InChI is InChI=1S/C39H68O6/c1-4-28-36(41)30-25-21-17-13-8-6-5-7-9-14-18-22-26-31-38(42)44-34-37(33-40)45-39(43)32-27-23-19-15-11-10-12-16-20-24-29-35(2)3/h5,7-8,13-14,18,21,25,35-37,40-41H,4,6,9-12,15-17,19-20,22-24,26-34H2,1-3H3/b7-5-,13-8-,18-14-,25-21-/t36?,37-/m0/s1. The molecule has 0 aliphatic carbocycles. The van der Waals surface area contributed by atoms with Gasteiger partial charge < -0.3 is 19.7 Å². The highest BCUT2D eigenvalue weighted by Gasteiger charge is 2.16. The number of carbonyl (C=O) groups excluding carboxylic acids is 2. The van der Waals surface area contributed by atoms with E-state index in [2.05, 4.69) is 69.4 Å². The summed E-state index contributed by atoms with van der Waals surface area (Å²) < 4.78 is 10.5. The van der Waals surface area contributed by atoms with Crippen LogP contribution in [-0.4, -0.2) is 47.6 Å². The van der Waals surface area contributed by atoms with Crippen molar-refractivity contribution in [3.63, 3.8) is 0 Å². The van der Waals surface area contributed by atoms with Crippen LogP contribution >= 0.6 is 0 Å². The van der Waals surface area contributed by atoms with Crippen LogP contribution in [0.2, 0.25) is 0 Å². The zero-order valence-electron chi connectivity index (χ0n) is 29.1. The first-order valence-electron chi connectivity index (χ1n) is 18.1. The van der Waals surface area contributed by atoms with Crippen LogP contribution < -0.4 is 0 Å². The number of ether oxygens (including phenoxy) is 2. The lowest BCUT2D eigenvalue weighted by molar-refractivity contribution is -0.161. The third-order valence-electron chi connectivity index (χ3n) is 7.61. The minimum Gasteiger partial charge on any atom is -0.462 e. The normalized spacial score (nSPS) is 13.6. The van der Waals surface area contributed by atoms with Gasteiger partial charge in [0.25, 0.3) is 0 Å². The molecule has 45 heavy (non-hydrogen) atoms. The molecule has 2 N–H and O–H groups in total. The Morgan fingerprint density at radius 3 is 1.71 bits per heavy atom. The van der Waals surface area contributed by atoms with Crippen molar-refractivity contribution in [1.82, 2.24) is 0 Å². The van der Waals surface area contributed by atoms with Gasteiger partial charge in [-0.1, -0.05) is 140 Å². The Balaban J connectivity index is 3.72. The van der Waals surface area contributed by atoms with Gasteiger partial charge in [0.05, 0.1) is 12.7 Å². The number of esters is 2. The summed E-state index contributed by atoms with van der Waals surface area (Å²) in [5.74, 6) is 0.138. The zero-order valence-corrected chi connectivity index (χ0v) is 29.1. The average Bonchev–Trinajstić information content (AvgIpc) is 3.01. The summed E-state index contributed by atoms with van der Waals surface area (Å²) >= 11 is 0.